The zero-order valence-corrected chi connectivity index (χ0v) is 14.3. The van der Waals surface area contributed by atoms with Gasteiger partial charge in [-0.05, 0) is 49.2 Å². The van der Waals surface area contributed by atoms with Gasteiger partial charge in [-0.1, -0.05) is 6.07 Å². The summed E-state index contributed by atoms with van der Waals surface area (Å²) in [6.07, 6.45) is 1.82. The zero-order valence-electron chi connectivity index (χ0n) is 14.3. The van der Waals surface area contributed by atoms with Crippen LogP contribution in [0.1, 0.15) is 27.0 Å². The highest BCUT2D eigenvalue weighted by atomic mass is 16.5. The van der Waals surface area contributed by atoms with Gasteiger partial charge >= 0.3 is 0 Å². The number of carbonyl (C=O) groups excluding carboxylic acids is 1. The number of rotatable bonds is 3. The summed E-state index contributed by atoms with van der Waals surface area (Å²) < 4.78 is 16.4. The van der Waals surface area contributed by atoms with E-state index < -0.39 is 0 Å². The fourth-order valence-corrected chi connectivity index (χ4v) is 2.94. The average molecular weight is 324 g/mol. The van der Waals surface area contributed by atoms with Gasteiger partial charge in [0.05, 0.1) is 19.8 Å². The maximum Gasteiger partial charge on any atom is 0.196 e. The second-order valence-electron chi connectivity index (χ2n) is 5.85. The Morgan fingerprint density at radius 2 is 1.88 bits per heavy atom. The van der Waals surface area contributed by atoms with Crippen LogP contribution >= 0.6 is 0 Å². The Bertz CT molecular complexity index is 834. The van der Waals surface area contributed by atoms with Crippen LogP contribution in [-0.4, -0.2) is 26.6 Å². The van der Waals surface area contributed by atoms with E-state index in [1.807, 2.05) is 44.2 Å². The number of hydrogen-bond acceptors (Lipinski definition) is 4. The first-order valence-electron chi connectivity index (χ1n) is 7.75. The normalized spacial score (nSPS) is 15.0. The standard InChI is InChI=1S/C20H20O4/c1-12-7-13(2)20-17(8-12)19(21)15(11-24-20)9-14-5-6-16(22-3)10-18(14)23-4/h5-10H,11H2,1-4H3. The Kier molecular flexibility index (Phi) is 4.30. The molecule has 124 valence electrons. The van der Waals surface area contributed by atoms with E-state index in [1.54, 1.807) is 20.3 Å². The maximum atomic E-state index is 12.8. The summed E-state index contributed by atoms with van der Waals surface area (Å²) >= 11 is 0. The summed E-state index contributed by atoms with van der Waals surface area (Å²) in [7, 11) is 3.20. The largest absolute Gasteiger partial charge is 0.497 e. The summed E-state index contributed by atoms with van der Waals surface area (Å²) in [5, 5.41) is 0. The molecule has 0 saturated heterocycles. The number of fused-ring (bicyclic) bond motifs is 1. The molecule has 4 heteroatoms. The number of methoxy groups -OCH3 is 2. The van der Waals surface area contributed by atoms with Crippen molar-refractivity contribution < 1.29 is 19.0 Å². The van der Waals surface area contributed by atoms with Crippen LogP contribution in [0.5, 0.6) is 17.2 Å². The monoisotopic (exact) mass is 324 g/mol. The molecule has 0 bridgehead atoms. The van der Waals surface area contributed by atoms with Crippen LogP contribution in [0.15, 0.2) is 35.9 Å². The second-order valence-corrected chi connectivity index (χ2v) is 5.85. The molecule has 0 spiro atoms. The Morgan fingerprint density at radius 3 is 2.58 bits per heavy atom. The lowest BCUT2D eigenvalue weighted by molar-refractivity contribution is 0.100. The van der Waals surface area contributed by atoms with Crippen molar-refractivity contribution in [2.45, 2.75) is 13.8 Å². The van der Waals surface area contributed by atoms with E-state index in [-0.39, 0.29) is 12.4 Å². The van der Waals surface area contributed by atoms with Gasteiger partial charge in [0.15, 0.2) is 5.78 Å². The van der Waals surface area contributed by atoms with Crippen LogP contribution in [0.25, 0.3) is 6.08 Å². The fraction of sp³-hybridized carbons (Fsp3) is 0.250. The topological polar surface area (TPSA) is 44.8 Å². The van der Waals surface area contributed by atoms with Gasteiger partial charge in [0.2, 0.25) is 0 Å². The number of aryl methyl sites for hydroxylation is 2. The van der Waals surface area contributed by atoms with Gasteiger partial charge in [-0.25, -0.2) is 0 Å². The molecule has 0 aliphatic carbocycles. The molecule has 0 N–H and O–H groups in total. The van der Waals surface area contributed by atoms with Crippen molar-refractivity contribution in [3.63, 3.8) is 0 Å². The SMILES string of the molecule is COc1ccc(C=C2COc3c(C)cc(C)cc3C2=O)c(OC)c1. The minimum atomic E-state index is 0.000853. The van der Waals surface area contributed by atoms with E-state index in [0.29, 0.717) is 28.4 Å². The fourth-order valence-electron chi connectivity index (χ4n) is 2.94. The van der Waals surface area contributed by atoms with Crippen LogP contribution in [0, 0.1) is 13.8 Å². The van der Waals surface area contributed by atoms with Gasteiger partial charge < -0.3 is 14.2 Å². The molecule has 2 aromatic rings. The first-order valence-corrected chi connectivity index (χ1v) is 7.75. The van der Waals surface area contributed by atoms with Crippen molar-refractivity contribution in [3.05, 3.63) is 58.2 Å². The van der Waals surface area contributed by atoms with E-state index in [2.05, 4.69) is 0 Å². The molecule has 2 aromatic carbocycles. The molecule has 0 amide bonds. The van der Waals surface area contributed by atoms with E-state index in [1.165, 1.54) is 0 Å². The van der Waals surface area contributed by atoms with Gasteiger partial charge in [0, 0.05) is 17.2 Å². The molecule has 0 aromatic heterocycles. The maximum absolute atomic E-state index is 12.8. The minimum absolute atomic E-state index is 0.000853. The summed E-state index contributed by atoms with van der Waals surface area (Å²) in [4.78, 5) is 12.8. The lowest BCUT2D eigenvalue weighted by atomic mass is 9.94. The molecule has 3 rings (SSSR count). The van der Waals surface area contributed by atoms with Crippen molar-refractivity contribution >= 4 is 11.9 Å². The van der Waals surface area contributed by atoms with Crippen molar-refractivity contribution in [1.82, 2.24) is 0 Å². The van der Waals surface area contributed by atoms with E-state index >= 15 is 0 Å². The van der Waals surface area contributed by atoms with Crippen LogP contribution < -0.4 is 14.2 Å². The molecule has 1 heterocycles. The Hall–Kier alpha value is -2.75. The van der Waals surface area contributed by atoms with Crippen LogP contribution in [0.3, 0.4) is 0 Å². The average Bonchev–Trinajstić information content (AvgIpc) is 2.58. The third-order valence-electron chi connectivity index (χ3n) is 4.10. The summed E-state index contributed by atoms with van der Waals surface area (Å²) in [5.41, 5.74) is 4.08. The number of hydrogen-bond donors (Lipinski definition) is 0. The first-order chi connectivity index (χ1) is 11.5. The van der Waals surface area contributed by atoms with Crippen LogP contribution in [-0.2, 0) is 0 Å². The van der Waals surface area contributed by atoms with Gasteiger partial charge in [0.25, 0.3) is 0 Å². The smallest absolute Gasteiger partial charge is 0.196 e. The Morgan fingerprint density at radius 1 is 1.08 bits per heavy atom. The van der Waals surface area contributed by atoms with Crippen LogP contribution in [0.2, 0.25) is 0 Å². The number of carbonyl (C=O) groups is 1. The highest BCUT2D eigenvalue weighted by molar-refractivity contribution is 6.14. The van der Waals surface area contributed by atoms with Gasteiger partial charge in [-0.2, -0.15) is 0 Å². The number of benzene rings is 2. The summed E-state index contributed by atoms with van der Waals surface area (Å²) in [6, 6.07) is 9.40. The van der Waals surface area contributed by atoms with Gasteiger partial charge in [0.1, 0.15) is 23.9 Å². The first kappa shape index (κ1) is 16.1. The van der Waals surface area contributed by atoms with E-state index in [9.17, 15) is 4.79 Å². The number of ketones is 1. The van der Waals surface area contributed by atoms with Crippen molar-refractivity contribution in [3.8, 4) is 17.2 Å². The lowest BCUT2D eigenvalue weighted by Crippen LogP contribution is -2.20. The van der Waals surface area contributed by atoms with Crippen molar-refractivity contribution in [1.29, 1.82) is 0 Å². The minimum Gasteiger partial charge on any atom is -0.497 e. The number of ether oxygens (including phenoxy) is 3. The zero-order chi connectivity index (χ0) is 17.3. The predicted octanol–water partition coefficient (Wildman–Crippen LogP) is 3.98. The second kappa shape index (κ2) is 6.40. The van der Waals surface area contributed by atoms with Crippen molar-refractivity contribution in [2.24, 2.45) is 0 Å². The summed E-state index contributed by atoms with van der Waals surface area (Å²) in [6.45, 7) is 4.19. The van der Waals surface area contributed by atoms with Gasteiger partial charge in [-0.3, -0.25) is 4.79 Å². The molecular weight excluding hydrogens is 304 g/mol. The molecule has 0 radical (unpaired) electrons. The van der Waals surface area contributed by atoms with E-state index in [4.69, 9.17) is 14.2 Å². The third-order valence-corrected chi connectivity index (χ3v) is 4.10. The van der Waals surface area contributed by atoms with Gasteiger partial charge in [-0.15, -0.1) is 0 Å². The summed E-state index contributed by atoms with van der Waals surface area (Å²) in [5.74, 6) is 2.04. The predicted molar refractivity (Wildman–Crippen MR) is 93.3 cm³/mol. The highest BCUT2D eigenvalue weighted by Crippen LogP contribution is 2.33. The molecule has 0 saturated carbocycles. The lowest BCUT2D eigenvalue weighted by Gasteiger charge is -2.21. The highest BCUT2D eigenvalue weighted by Gasteiger charge is 2.25. The molecule has 0 fully saturated rings. The molecule has 24 heavy (non-hydrogen) atoms. The molecule has 1 aliphatic rings. The van der Waals surface area contributed by atoms with Crippen molar-refractivity contribution in [2.75, 3.05) is 20.8 Å². The Balaban J connectivity index is 2.02. The third kappa shape index (κ3) is 2.87. The molecular formula is C20H20O4. The Labute approximate surface area is 141 Å². The molecule has 0 atom stereocenters. The molecule has 1 aliphatic heterocycles. The molecule has 0 unspecified atom stereocenters. The number of Topliss-reactive ketones (excluding diaryl/α,β-unsaturated/α-hetero) is 1. The van der Waals surface area contributed by atoms with Crippen LogP contribution in [0.4, 0.5) is 0 Å². The van der Waals surface area contributed by atoms with E-state index in [0.717, 1.165) is 16.7 Å². The quantitative estimate of drug-likeness (QED) is 0.801. The molecule has 4 nitrogen and oxygen atoms in total.